The van der Waals surface area contributed by atoms with Gasteiger partial charge in [-0.05, 0) is 17.7 Å². The van der Waals surface area contributed by atoms with Crippen molar-refractivity contribution in [2.75, 3.05) is 12.8 Å². The lowest BCUT2D eigenvalue weighted by Gasteiger charge is -2.16. The Morgan fingerprint density at radius 2 is 2.07 bits per heavy atom. The van der Waals surface area contributed by atoms with Gasteiger partial charge in [0, 0.05) is 13.6 Å². The van der Waals surface area contributed by atoms with Crippen LogP contribution in [0.1, 0.15) is 5.56 Å². The quantitative estimate of drug-likeness (QED) is 0.832. The molecule has 1 aromatic carbocycles. The molecule has 0 bridgehead atoms. The second-order valence-electron chi connectivity index (χ2n) is 3.16. The molecule has 82 valence electrons. The van der Waals surface area contributed by atoms with E-state index in [9.17, 15) is 4.79 Å². The third-order valence-corrected chi connectivity index (χ3v) is 2.97. The molecule has 5 heteroatoms. The molecule has 2 nitrogen and oxygen atoms in total. The molecule has 0 fully saturated rings. The van der Waals surface area contributed by atoms with E-state index in [4.69, 9.17) is 23.2 Å². The summed E-state index contributed by atoms with van der Waals surface area (Å²) in [7, 11) is 1.72. The van der Waals surface area contributed by atoms with Crippen molar-refractivity contribution in [2.45, 2.75) is 6.54 Å². The second kappa shape index (κ2) is 5.64. The maximum absolute atomic E-state index is 11.3. The third-order valence-electron chi connectivity index (χ3n) is 1.96. The van der Waals surface area contributed by atoms with Crippen LogP contribution in [0, 0.1) is 0 Å². The molecule has 1 aromatic rings. The zero-order chi connectivity index (χ0) is 11.4. The number of halogens is 2. The Kier molecular flexibility index (Phi) is 4.77. The fourth-order valence-electron chi connectivity index (χ4n) is 1.12. The fraction of sp³-hybridized carbons (Fsp3) is 0.300. The topological polar surface area (TPSA) is 20.3 Å². The van der Waals surface area contributed by atoms with Gasteiger partial charge in [0.25, 0.3) is 0 Å². The van der Waals surface area contributed by atoms with Gasteiger partial charge in [-0.2, -0.15) is 12.6 Å². The molecule has 0 aliphatic carbocycles. The molecule has 15 heavy (non-hydrogen) atoms. The van der Waals surface area contributed by atoms with Gasteiger partial charge in [0.2, 0.25) is 5.91 Å². The van der Waals surface area contributed by atoms with Crippen LogP contribution in [-0.2, 0) is 11.3 Å². The number of benzene rings is 1. The van der Waals surface area contributed by atoms with Crippen LogP contribution < -0.4 is 0 Å². The number of hydrogen-bond donors (Lipinski definition) is 1. The van der Waals surface area contributed by atoms with E-state index in [0.717, 1.165) is 5.56 Å². The van der Waals surface area contributed by atoms with Crippen molar-refractivity contribution in [2.24, 2.45) is 0 Å². The monoisotopic (exact) mass is 263 g/mol. The van der Waals surface area contributed by atoms with Crippen LogP contribution >= 0.6 is 35.8 Å². The van der Waals surface area contributed by atoms with Crippen LogP contribution in [0.15, 0.2) is 18.2 Å². The van der Waals surface area contributed by atoms with Gasteiger partial charge in [-0.1, -0.05) is 29.3 Å². The minimum Gasteiger partial charge on any atom is -0.341 e. The van der Waals surface area contributed by atoms with E-state index < -0.39 is 0 Å². The lowest BCUT2D eigenvalue weighted by molar-refractivity contribution is -0.127. The Balaban J connectivity index is 2.73. The average molecular weight is 264 g/mol. The van der Waals surface area contributed by atoms with Crippen molar-refractivity contribution in [3.63, 3.8) is 0 Å². The molecule has 0 aromatic heterocycles. The zero-order valence-corrected chi connectivity index (χ0v) is 10.6. The lowest BCUT2D eigenvalue weighted by atomic mass is 10.2. The highest BCUT2D eigenvalue weighted by atomic mass is 35.5. The summed E-state index contributed by atoms with van der Waals surface area (Å²) in [6, 6.07) is 5.32. The number of rotatable bonds is 3. The summed E-state index contributed by atoms with van der Waals surface area (Å²) < 4.78 is 0. The SMILES string of the molecule is CN(Cc1ccc(Cl)c(Cl)c1)C(=O)CS. The average Bonchev–Trinajstić information content (AvgIpc) is 2.22. The summed E-state index contributed by atoms with van der Waals surface area (Å²) in [5.41, 5.74) is 0.946. The summed E-state index contributed by atoms with van der Waals surface area (Å²) in [6.45, 7) is 0.510. The number of thiol groups is 1. The Morgan fingerprint density at radius 1 is 1.40 bits per heavy atom. The van der Waals surface area contributed by atoms with E-state index in [1.807, 2.05) is 6.07 Å². The number of nitrogens with zero attached hydrogens (tertiary/aromatic N) is 1. The normalized spacial score (nSPS) is 10.1. The molecule has 0 aliphatic heterocycles. The maximum atomic E-state index is 11.3. The first-order chi connectivity index (χ1) is 7.04. The molecule has 0 N–H and O–H groups in total. The molecular formula is C10H11Cl2NOS. The van der Waals surface area contributed by atoms with Crippen LogP contribution in [-0.4, -0.2) is 23.6 Å². The first-order valence-electron chi connectivity index (χ1n) is 4.33. The van der Waals surface area contributed by atoms with Gasteiger partial charge in [0.15, 0.2) is 0 Å². The van der Waals surface area contributed by atoms with Gasteiger partial charge in [0.05, 0.1) is 15.8 Å². The van der Waals surface area contributed by atoms with Crippen molar-refractivity contribution in [3.8, 4) is 0 Å². The van der Waals surface area contributed by atoms with E-state index >= 15 is 0 Å². The lowest BCUT2D eigenvalue weighted by Crippen LogP contribution is -2.27. The summed E-state index contributed by atoms with van der Waals surface area (Å²) in [5, 5.41) is 1.02. The van der Waals surface area contributed by atoms with Crippen molar-refractivity contribution in [1.82, 2.24) is 4.90 Å². The molecule has 0 heterocycles. The highest BCUT2D eigenvalue weighted by Gasteiger charge is 2.07. The molecule has 0 unspecified atom stereocenters. The molecule has 1 amide bonds. The number of amides is 1. The zero-order valence-electron chi connectivity index (χ0n) is 8.20. The van der Waals surface area contributed by atoms with Crippen LogP contribution in [0.3, 0.4) is 0 Å². The van der Waals surface area contributed by atoms with Crippen molar-refractivity contribution in [1.29, 1.82) is 0 Å². The van der Waals surface area contributed by atoms with Crippen LogP contribution in [0.2, 0.25) is 10.0 Å². The Morgan fingerprint density at radius 3 is 2.60 bits per heavy atom. The van der Waals surface area contributed by atoms with Gasteiger partial charge < -0.3 is 4.90 Å². The maximum Gasteiger partial charge on any atom is 0.232 e. The van der Waals surface area contributed by atoms with Crippen molar-refractivity contribution in [3.05, 3.63) is 33.8 Å². The van der Waals surface area contributed by atoms with Gasteiger partial charge >= 0.3 is 0 Å². The minimum absolute atomic E-state index is 0.0237. The van der Waals surface area contributed by atoms with Gasteiger partial charge in [0.1, 0.15) is 0 Å². The Labute approximate surface area is 105 Å². The first-order valence-corrected chi connectivity index (χ1v) is 5.72. The van der Waals surface area contributed by atoms with Gasteiger partial charge in [-0.3, -0.25) is 4.79 Å². The minimum atomic E-state index is -0.0237. The van der Waals surface area contributed by atoms with E-state index in [1.54, 1.807) is 24.1 Å². The largest absolute Gasteiger partial charge is 0.341 e. The molecule has 0 saturated carbocycles. The van der Waals surface area contributed by atoms with Gasteiger partial charge in [-0.25, -0.2) is 0 Å². The van der Waals surface area contributed by atoms with E-state index in [1.165, 1.54) is 0 Å². The van der Waals surface area contributed by atoms with Crippen molar-refractivity contribution >= 4 is 41.7 Å². The summed E-state index contributed by atoms with van der Waals surface area (Å²) in [5.74, 6) is 0.182. The predicted octanol–water partition coefficient (Wildman–Crippen LogP) is 2.88. The first kappa shape index (κ1) is 12.7. The summed E-state index contributed by atoms with van der Waals surface area (Å²) >= 11 is 15.6. The van der Waals surface area contributed by atoms with Gasteiger partial charge in [-0.15, -0.1) is 0 Å². The van der Waals surface area contributed by atoms with Crippen LogP contribution in [0.5, 0.6) is 0 Å². The van der Waals surface area contributed by atoms with Crippen molar-refractivity contribution < 1.29 is 4.79 Å². The Hall–Kier alpha value is -0.380. The van der Waals surface area contributed by atoms with E-state index in [0.29, 0.717) is 16.6 Å². The molecule has 0 spiro atoms. The molecular weight excluding hydrogens is 253 g/mol. The highest BCUT2D eigenvalue weighted by Crippen LogP contribution is 2.23. The second-order valence-corrected chi connectivity index (χ2v) is 4.29. The molecule has 0 saturated heterocycles. The Bertz CT molecular complexity index is 370. The standard InChI is InChI=1S/C10H11Cl2NOS/c1-13(10(14)6-15)5-7-2-3-8(11)9(12)4-7/h2-4,15H,5-6H2,1H3. The predicted molar refractivity (Wildman–Crippen MR) is 66.8 cm³/mol. The summed E-state index contributed by atoms with van der Waals surface area (Å²) in [4.78, 5) is 12.8. The molecule has 0 radical (unpaired) electrons. The van der Waals surface area contributed by atoms with Crippen LogP contribution in [0.4, 0.5) is 0 Å². The number of carbonyl (C=O) groups excluding carboxylic acids is 1. The summed E-state index contributed by atoms with van der Waals surface area (Å²) in [6.07, 6.45) is 0. The van der Waals surface area contributed by atoms with Crippen LogP contribution in [0.25, 0.3) is 0 Å². The number of hydrogen-bond acceptors (Lipinski definition) is 2. The van der Waals surface area contributed by atoms with E-state index in [-0.39, 0.29) is 11.7 Å². The highest BCUT2D eigenvalue weighted by molar-refractivity contribution is 7.81. The smallest absolute Gasteiger partial charge is 0.232 e. The third kappa shape index (κ3) is 3.59. The molecule has 0 aliphatic rings. The number of carbonyl (C=O) groups is 1. The fourth-order valence-corrected chi connectivity index (χ4v) is 1.68. The molecule has 1 rings (SSSR count). The molecule has 0 atom stereocenters. The van der Waals surface area contributed by atoms with E-state index in [2.05, 4.69) is 12.6 Å².